The smallest absolute Gasteiger partial charge is 0.230 e. The average Bonchev–Trinajstić information content (AvgIpc) is 3.17. The number of thioether (sulfide) groups is 1. The lowest BCUT2D eigenvalue weighted by atomic mass is 10.1. The first-order chi connectivity index (χ1) is 13.1. The van der Waals surface area contributed by atoms with E-state index in [1.165, 1.54) is 37.1 Å². The molecule has 1 heterocycles. The van der Waals surface area contributed by atoms with Crippen LogP contribution in [0.4, 0.5) is 0 Å². The number of hydrogen-bond donors (Lipinski definition) is 1. The number of carbonyl (C=O) groups excluding carboxylic acids is 1. The van der Waals surface area contributed by atoms with Gasteiger partial charge < -0.3 is 5.32 Å². The van der Waals surface area contributed by atoms with Crippen LogP contribution in [0, 0.1) is 0 Å². The van der Waals surface area contributed by atoms with Gasteiger partial charge in [0.1, 0.15) is 0 Å². The van der Waals surface area contributed by atoms with Gasteiger partial charge in [0.05, 0.1) is 15.8 Å². The second-order valence-corrected chi connectivity index (χ2v) is 8.57. The molecule has 3 rings (SSSR count). The van der Waals surface area contributed by atoms with Crippen molar-refractivity contribution in [2.24, 2.45) is 0 Å². The maximum absolute atomic E-state index is 12.2. The highest BCUT2D eigenvalue weighted by Crippen LogP contribution is 2.24. The van der Waals surface area contributed by atoms with Crippen molar-refractivity contribution in [3.63, 3.8) is 0 Å². The van der Waals surface area contributed by atoms with Crippen molar-refractivity contribution >= 4 is 40.9 Å². The molecule has 0 aliphatic carbocycles. The third-order valence-electron chi connectivity index (χ3n) is 4.67. The van der Waals surface area contributed by atoms with E-state index in [-0.39, 0.29) is 5.91 Å². The molecule has 0 spiro atoms. The normalized spacial score (nSPS) is 14.4. The Hall–Kier alpha value is -1.20. The molecule has 6 heteroatoms. The summed E-state index contributed by atoms with van der Waals surface area (Å²) in [6.45, 7) is 3.90. The fourth-order valence-corrected chi connectivity index (χ4v) is 4.33. The zero-order chi connectivity index (χ0) is 19.1. The number of benzene rings is 2. The Balaban J connectivity index is 1.44. The molecule has 1 fully saturated rings. The lowest BCUT2D eigenvalue weighted by molar-refractivity contribution is -0.118. The van der Waals surface area contributed by atoms with E-state index in [1.807, 2.05) is 18.2 Å². The van der Waals surface area contributed by atoms with Crippen LogP contribution in [0.2, 0.25) is 10.0 Å². The van der Waals surface area contributed by atoms with E-state index in [0.29, 0.717) is 22.3 Å². The first-order valence-corrected chi connectivity index (χ1v) is 11.1. The van der Waals surface area contributed by atoms with Crippen LogP contribution in [0.5, 0.6) is 0 Å². The predicted molar refractivity (Wildman–Crippen MR) is 115 cm³/mol. The van der Waals surface area contributed by atoms with Gasteiger partial charge in [0.15, 0.2) is 0 Å². The molecule has 1 aliphatic heterocycles. The number of nitrogens with zero attached hydrogens (tertiary/aromatic N) is 1. The SMILES string of the molecule is O=C(CSCc1ccc(Cl)c(Cl)c1)NCc1ccccc1CN1CCCC1. The molecule has 3 nitrogen and oxygen atoms in total. The Kier molecular flexibility index (Phi) is 7.89. The highest BCUT2D eigenvalue weighted by Gasteiger charge is 2.13. The minimum absolute atomic E-state index is 0.0519. The third-order valence-corrected chi connectivity index (χ3v) is 6.42. The first kappa shape index (κ1) is 20.5. The van der Waals surface area contributed by atoms with Gasteiger partial charge in [0, 0.05) is 18.8 Å². The van der Waals surface area contributed by atoms with Gasteiger partial charge in [-0.1, -0.05) is 53.5 Å². The van der Waals surface area contributed by atoms with E-state index in [1.54, 1.807) is 17.8 Å². The van der Waals surface area contributed by atoms with Crippen LogP contribution >= 0.6 is 35.0 Å². The summed E-state index contributed by atoms with van der Waals surface area (Å²) >= 11 is 13.5. The summed E-state index contributed by atoms with van der Waals surface area (Å²) in [5.74, 6) is 1.21. The standard InChI is InChI=1S/C21H24Cl2N2OS/c22-19-8-7-16(11-20(19)23)14-27-15-21(26)24-12-17-5-1-2-6-18(17)13-25-9-3-4-10-25/h1-2,5-8,11H,3-4,9-10,12-15H2,(H,24,26). The highest BCUT2D eigenvalue weighted by molar-refractivity contribution is 7.99. The number of rotatable bonds is 8. The van der Waals surface area contributed by atoms with E-state index in [9.17, 15) is 4.79 Å². The van der Waals surface area contributed by atoms with E-state index >= 15 is 0 Å². The molecule has 2 aromatic rings. The average molecular weight is 423 g/mol. The Morgan fingerprint density at radius 2 is 1.78 bits per heavy atom. The largest absolute Gasteiger partial charge is 0.351 e. The first-order valence-electron chi connectivity index (χ1n) is 9.19. The summed E-state index contributed by atoms with van der Waals surface area (Å²) in [6.07, 6.45) is 2.57. The van der Waals surface area contributed by atoms with E-state index in [2.05, 4.69) is 28.4 Å². The minimum Gasteiger partial charge on any atom is -0.351 e. The number of halogens is 2. The minimum atomic E-state index is 0.0519. The zero-order valence-corrected chi connectivity index (χ0v) is 17.5. The maximum Gasteiger partial charge on any atom is 0.230 e. The van der Waals surface area contributed by atoms with Gasteiger partial charge in [-0.3, -0.25) is 9.69 Å². The van der Waals surface area contributed by atoms with Crippen LogP contribution in [-0.4, -0.2) is 29.6 Å². The fourth-order valence-electron chi connectivity index (χ4n) is 3.20. The predicted octanol–water partition coefficient (Wildman–Crippen LogP) is 5.14. The number of nitrogens with one attached hydrogen (secondary N) is 1. The quantitative estimate of drug-likeness (QED) is 0.638. The molecule has 0 unspecified atom stereocenters. The van der Waals surface area contributed by atoms with Crippen LogP contribution in [0.15, 0.2) is 42.5 Å². The monoisotopic (exact) mass is 422 g/mol. The van der Waals surface area contributed by atoms with E-state index < -0.39 is 0 Å². The summed E-state index contributed by atoms with van der Waals surface area (Å²) in [7, 11) is 0. The van der Waals surface area contributed by atoms with Crippen molar-refractivity contribution < 1.29 is 4.79 Å². The van der Waals surface area contributed by atoms with Gasteiger partial charge in [-0.25, -0.2) is 0 Å². The molecule has 1 amide bonds. The Labute approximate surface area is 175 Å². The molecule has 1 saturated heterocycles. The number of amides is 1. The van der Waals surface area contributed by atoms with Gasteiger partial charge in [-0.2, -0.15) is 0 Å². The van der Waals surface area contributed by atoms with Crippen LogP contribution in [0.25, 0.3) is 0 Å². The lowest BCUT2D eigenvalue weighted by Crippen LogP contribution is -2.26. The molecule has 144 valence electrons. The van der Waals surface area contributed by atoms with Crippen molar-refractivity contribution in [3.8, 4) is 0 Å². The van der Waals surface area contributed by atoms with Gasteiger partial charge in [0.2, 0.25) is 5.91 Å². The molecule has 0 bridgehead atoms. The maximum atomic E-state index is 12.2. The van der Waals surface area contributed by atoms with Crippen LogP contribution < -0.4 is 5.32 Å². The summed E-state index contributed by atoms with van der Waals surface area (Å²) in [6, 6.07) is 14.0. The summed E-state index contributed by atoms with van der Waals surface area (Å²) in [5.41, 5.74) is 3.58. The molecular formula is C21H24Cl2N2OS. The number of likely N-dealkylation sites (tertiary alicyclic amines) is 1. The van der Waals surface area contributed by atoms with Crippen LogP contribution in [0.3, 0.4) is 0 Å². The molecule has 0 aromatic heterocycles. The summed E-state index contributed by atoms with van der Waals surface area (Å²) < 4.78 is 0. The van der Waals surface area contributed by atoms with Crippen molar-refractivity contribution in [2.45, 2.75) is 31.7 Å². The molecule has 27 heavy (non-hydrogen) atoms. The zero-order valence-electron chi connectivity index (χ0n) is 15.2. The Morgan fingerprint density at radius 3 is 2.52 bits per heavy atom. The topological polar surface area (TPSA) is 32.3 Å². The molecule has 2 aromatic carbocycles. The molecule has 1 aliphatic rings. The van der Waals surface area contributed by atoms with Crippen molar-refractivity contribution in [1.29, 1.82) is 0 Å². The Bertz CT molecular complexity index is 779. The van der Waals surface area contributed by atoms with Gasteiger partial charge in [-0.15, -0.1) is 11.8 Å². The molecule has 0 radical (unpaired) electrons. The number of carbonyl (C=O) groups is 1. The lowest BCUT2D eigenvalue weighted by Gasteiger charge is -2.17. The Morgan fingerprint density at radius 1 is 1.04 bits per heavy atom. The summed E-state index contributed by atoms with van der Waals surface area (Å²) in [4.78, 5) is 14.7. The molecule has 1 N–H and O–H groups in total. The van der Waals surface area contributed by atoms with Gasteiger partial charge in [-0.05, 0) is 54.8 Å². The summed E-state index contributed by atoms with van der Waals surface area (Å²) in [5, 5.41) is 4.15. The van der Waals surface area contributed by atoms with Gasteiger partial charge >= 0.3 is 0 Å². The highest BCUT2D eigenvalue weighted by atomic mass is 35.5. The molecule has 0 atom stereocenters. The van der Waals surface area contributed by atoms with Crippen molar-refractivity contribution in [3.05, 3.63) is 69.2 Å². The second-order valence-electron chi connectivity index (χ2n) is 6.77. The van der Waals surface area contributed by atoms with E-state index in [4.69, 9.17) is 23.2 Å². The van der Waals surface area contributed by atoms with Gasteiger partial charge in [0.25, 0.3) is 0 Å². The van der Waals surface area contributed by atoms with Crippen LogP contribution in [-0.2, 0) is 23.6 Å². The molecular weight excluding hydrogens is 399 g/mol. The van der Waals surface area contributed by atoms with Crippen LogP contribution in [0.1, 0.15) is 29.5 Å². The molecule has 0 saturated carbocycles. The third kappa shape index (κ3) is 6.42. The van der Waals surface area contributed by atoms with E-state index in [0.717, 1.165) is 17.9 Å². The second kappa shape index (κ2) is 10.4. The van der Waals surface area contributed by atoms with Crippen molar-refractivity contribution in [2.75, 3.05) is 18.8 Å². The number of hydrogen-bond acceptors (Lipinski definition) is 3. The fraction of sp³-hybridized carbons (Fsp3) is 0.381. The van der Waals surface area contributed by atoms with Crippen molar-refractivity contribution in [1.82, 2.24) is 10.2 Å².